The molecule has 0 aliphatic heterocycles. The monoisotopic (exact) mass is 402 g/mol. The van der Waals surface area contributed by atoms with Crippen molar-refractivity contribution in [2.45, 2.75) is 21.8 Å². The first kappa shape index (κ1) is 22.6. The zero-order valence-corrected chi connectivity index (χ0v) is 15.2. The largest absolute Gasteiger partial charge is 1.00 e. The van der Waals surface area contributed by atoms with Crippen molar-refractivity contribution in [2.75, 3.05) is 6.16 Å². The summed E-state index contributed by atoms with van der Waals surface area (Å²) in [6.45, 7) is 2.32. The molecule has 0 aliphatic rings. The van der Waals surface area contributed by atoms with E-state index in [0.29, 0.717) is 0 Å². The maximum Gasteiger partial charge on any atom is 0.111 e. The SMILES string of the molecule is C.C.CC[P+](c1ccccc1)(c1ccccc1)c1ccccc1.[Br-]. The lowest BCUT2D eigenvalue weighted by atomic mass is 10.4. The van der Waals surface area contributed by atoms with Crippen LogP contribution in [0.1, 0.15) is 21.8 Å². The third-order valence-corrected chi connectivity index (χ3v) is 8.55. The molecule has 0 nitrogen and oxygen atoms in total. The van der Waals surface area contributed by atoms with Gasteiger partial charge < -0.3 is 17.0 Å². The van der Waals surface area contributed by atoms with Gasteiger partial charge in [-0.15, -0.1) is 0 Å². The van der Waals surface area contributed by atoms with Crippen LogP contribution in [0.2, 0.25) is 0 Å². The Hall–Kier alpha value is -1.43. The van der Waals surface area contributed by atoms with Crippen LogP contribution in [0, 0.1) is 0 Å². The molecule has 0 N–H and O–H groups in total. The molecule has 0 unspecified atom stereocenters. The van der Waals surface area contributed by atoms with Gasteiger partial charge in [-0.25, -0.2) is 0 Å². The van der Waals surface area contributed by atoms with E-state index in [1.54, 1.807) is 0 Å². The Bertz CT molecular complexity index is 584. The first-order valence-corrected chi connectivity index (χ1v) is 9.40. The average molecular weight is 403 g/mol. The molecular weight excluding hydrogens is 375 g/mol. The summed E-state index contributed by atoms with van der Waals surface area (Å²) < 4.78 is 0. The van der Waals surface area contributed by atoms with Crippen molar-refractivity contribution < 1.29 is 17.0 Å². The van der Waals surface area contributed by atoms with Gasteiger partial charge in [-0.1, -0.05) is 69.5 Å². The van der Waals surface area contributed by atoms with Crippen molar-refractivity contribution in [3.63, 3.8) is 0 Å². The smallest absolute Gasteiger partial charge is 0.111 e. The molecular formula is C22H28BrP. The minimum atomic E-state index is -1.53. The van der Waals surface area contributed by atoms with Crippen LogP contribution in [0.4, 0.5) is 0 Å². The fraction of sp³-hybridized carbons (Fsp3) is 0.182. The summed E-state index contributed by atoms with van der Waals surface area (Å²) in [5.74, 6) is 0. The second kappa shape index (κ2) is 10.4. The number of halogens is 1. The lowest BCUT2D eigenvalue weighted by Crippen LogP contribution is -3.00. The predicted molar refractivity (Wildman–Crippen MR) is 109 cm³/mol. The van der Waals surface area contributed by atoms with Gasteiger partial charge in [0.15, 0.2) is 0 Å². The summed E-state index contributed by atoms with van der Waals surface area (Å²) in [6.07, 6.45) is 1.14. The highest BCUT2D eigenvalue weighted by Gasteiger charge is 2.43. The Labute approximate surface area is 159 Å². The number of rotatable bonds is 4. The van der Waals surface area contributed by atoms with Crippen LogP contribution in [-0.2, 0) is 0 Å². The first-order chi connectivity index (χ1) is 10.4. The van der Waals surface area contributed by atoms with Crippen LogP contribution in [0.25, 0.3) is 0 Å². The summed E-state index contributed by atoms with van der Waals surface area (Å²) >= 11 is 0. The molecule has 0 saturated carbocycles. The van der Waals surface area contributed by atoms with Crippen LogP contribution in [0.15, 0.2) is 91.0 Å². The third kappa shape index (κ3) is 4.15. The van der Waals surface area contributed by atoms with Crippen molar-refractivity contribution in [1.82, 2.24) is 0 Å². The van der Waals surface area contributed by atoms with E-state index in [9.17, 15) is 0 Å². The van der Waals surface area contributed by atoms with Gasteiger partial charge in [0, 0.05) is 0 Å². The van der Waals surface area contributed by atoms with E-state index < -0.39 is 7.26 Å². The molecule has 0 radical (unpaired) electrons. The zero-order chi connectivity index (χ0) is 14.5. The standard InChI is InChI=1S/C20H20P.2CH4.BrH/c1-2-21(18-12-6-3-7-13-18,19-14-8-4-9-15-19)20-16-10-5-11-17-20;;;/h3-17H,2H2,1H3;2*1H4;1H/q+1;;;/p-1. The molecule has 0 aromatic heterocycles. The van der Waals surface area contributed by atoms with E-state index in [0.717, 1.165) is 6.16 Å². The zero-order valence-electron chi connectivity index (χ0n) is 12.7. The van der Waals surface area contributed by atoms with Gasteiger partial charge in [0.05, 0.1) is 6.16 Å². The van der Waals surface area contributed by atoms with Crippen LogP contribution >= 0.6 is 7.26 Å². The Balaban J connectivity index is 0.00000176. The number of benzene rings is 3. The van der Waals surface area contributed by atoms with Crippen LogP contribution < -0.4 is 32.9 Å². The molecule has 3 rings (SSSR count). The van der Waals surface area contributed by atoms with Gasteiger partial charge >= 0.3 is 0 Å². The maximum atomic E-state index is 2.32. The molecule has 0 atom stereocenters. The Morgan fingerprint density at radius 3 is 1.00 bits per heavy atom. The Kier molecular flexibility index (Phi) is 9.82. The van der Waals surface area contributed by atoms with E-state index in [2.05, 4.69) is 97.9 Å². The number of hydrogen-bond acceptors (Lipinski definition) is 0. The van der Waals surface area contributed by atoms with Crippen LogP contribution in [0.5, 0.6) is 0 Å². The molecule has 0 aliphatic carbocycles. The van der Waals surface area contributed by atoms with Gasteiger partial charge in [0.25, 0.3) is 0 Å². The summed E-state index contributed by atoms with van der Waals surface area (Å²) in [6, 6.07) is 33.0. The van der Waals surface area contributed by atoms with Gasteiger partial charge in [-0.05, 0) is 43.3 Å². The first-order valence-electron chi connectivity index (χ1n) is 7.43. The second-order valence-electron chi connectivity index (χ2n) is 5.13. The molecule has 0 spiro atoms. The highest BCUT2D eigenvalue weighted by atomic mass is 79.9. The molecule has 0 heterocycles. The second-order valence-corrected chi connectivity index (χ2v) is 8.93. The molecule has 0 amide bonds. The molecule has 0 bridgehead atoms. The highest BCUT2D eigenvalue weighted by molar-refractivity contribution is 7.95. The summed E-state index contributed by atoms with van der Waals surface area (Å²) in [4.78, 5) is 0. The lowest BCUT2D eigenvalue weighted by molar-refractivity contribution is -0.00000489. The minimum absolute atomic E-state index is 0. The number of hydrogen-bond donors (Lipinski definition) is 0. The molecule has 0 saturated heterocycles. The average Bonchev–Trinajstić information content (AvgIpc) is 2.59. The molecule has 24 heavy (non-hydrogen) atoms. The van der Waals surface area contributed by atoms with Crippen molar-refractivity contribution in [1.29, 1.82) is 0 Å². The quantitative estimate of drug-likeness (QED) is 0.587. The predicted octanol–water partition coefficient (Wildman–Crippen LogP) is 2.28. The van der Waals surface area contributed by atoms with Crippen molar-refractivity contribution in [3.05, 3.63) is 91.0 Å². The van der Waals surface area contributed by atoms with Gasteiger partial charge in [-0.2, -0.15) is 0 Å². The van der Waals surface area contributed by atoms with E-state index in [1.807, 2.05) is 0 Å². The van der Waals surface area contributed by atoms with Gasteiger partial charge in [-0.3, -0.25) is 0 Å². The molecule has 3 aromatic rings. The topological polar surface area (TPSA) is 0 Å². The van der Waals surface area contributed by atoms with Crippen LogP contribution in [0.3, 0.4) is 0 Å². The Morgan fingerprint density at radius 2 is 0.792 bits per heavy atom. The maximum absolute atomic E-state index is 2.32. The van der Waals surface area contributed by atoms with Gasteiger partial charge in [0.2, 0.25) is 0 Å². The van der Waals surface area contributed by atoms with Crippen molar-refractivity contribution in [2.24, 2.45) is 0 Å². The fourth-order valence-corrected chi connectivity index (χ4v) is 7.08. The van der Waals surface area contributed by atoms with Crippen molar-refractivity contribution >= 4 is 23.2 Å². The van der Waals surface area contributed by atoms with Crippen LogP contribution in [-0.4, -0.2) is 6.16 Å². The third-order valence-electron chi connectivity index (χ3n) is 4.07. The molecule has 0 fully saturated rings. The van der Waals surface area contributed by atoms with E-state index in [-0.39, 0.29) is 31.8 Å². The lowest BCUT2D eigenvalue weighted by Gasteiger charge is -2.26. The summed E-state index contributed by atoms with van der Waals surface area (Å²) in [7, 11) is -1.53. The summed E-state index contributed by atoms with van der Waals surface area (Å²) in [5, 5.41) is 4.39. The van der Waals surface area contributed by atoms with Gasteiger partial charge in [0.1, 0.15) is 23.2 Å². The van der Waals surface area contributed by atoms with Crippen molar-refractivity contribution in [3.8, 4) is 0 Å². The Morgan fingerprint density at radius 1 is 0.542 bits per heavy atom. The molecule has 128 valence electrons. The fourth-order valence-electron chi connectivity index (χ4n) is 3.04. The van der Waals surface area contributed by atoms with E-state index >= 15 is 0 Å². The minimum Gasteiger partial charge on any atom is -1.00 e. The highest BCUT2D eigenvalue weighted by Crippen LogP contribution is 2.54. The molecule has 2 heteroatoms. The van der Waals surface area contributed by atoms with E-state index in [1.165, 1.54) is 15.9 Å². The molecule has 3 aromatic carbocycles. The summed E-state index contributed by atoms with van der Waals surface area (Å²) in [5.41, 5.74) is 0. The normalized spacial score (nSPS) is 9.88. The van der Waals surface area contributed by atoms with E-state index in [4.69, 9.17) is 0 Å².